The van der Waals surface area contributed by atoms with E-state index in [-0.39, 0.29) is 11.7 Å². The summed E-state index contributed by atoms with van der Waals surface area (Å²) >= 11 is 0. The SMILES string of the molecule is CC(=O)C12CC1CCC2C(O)(c1ccccn1)c1cc(-c2c(C)noc2C)cc2[nH]c(C3CC3)nc12. The molecule has 0 saturated heterocycles. The highest BCUT2D eigenvalue weighted by atomic mass is 16.5. The molecule has 0 spiro atoms. The number of H-pyrrole nitrogens is 1. The van der Waals surface area contributed by atoms with Crippen molar-refractivity contribution in [1.82, 2.24) is 20.1 Å². The average Bonchev–Trinajstić information content (AvgIpc) is 3.74. The van der Waals surface area contributed by atoms with Crippen LogP contribution in [0, 0.1) is 31.1 Å². The second kappa shape index (κ2) is 7.35. The lowest BCUT2D eigenvalue weighted by Crippen LogP contribution is -2.43. The van der Waals surface area contributed by atoms with E-state index in [2.05, 4.69) is 21.2 Å². The Hall–Kier alpha value is -3.32. The molecule has 3 heterocycles. The highest BCUT2D eigenvalue weighted by Gasteiger charge is 2.71. The maximum Gasteiger partial charge on any atom is 0.141 e. The van der Waals surface area contributed by atoms with Crippen LogP contribution in [0.3, 0.4) is 0 Å². The van der Waals surface area contributed by atoms with Crippen LogP contribution in [0.2, 0.25) is 0 Å². The molecule has 2 N–H and O–H groups in total. The number of nitrogens with zero attached hydrogens (tertiary/aromatic N) is 3. The maximum atomic E-state index is 13.1. The lowest BCUT2D eigenvalue weighted by Gasteiger charge is -2.39. The largest absolute Gasteiger partial charge is 0.378 e. The van der Waals surface area contributed by atoms with E-state index in [9.17, 15) is 9.90 Å². The number of fused-ring (bicyclic) bond motifs is 2. The highest BCUT2D eigenvalue weighted by Crippen LogP contribution is 2.71. The second-order valence-electron chi connectivity index (χ2n) is 11.1. The molecule has 3 aromatic heterocycles. The van der Waals surface area contributed by atoms with Gasteiger partial charge in [-0.2, -0.15) is 0 Å². The Labute approximate surface area is 209 Å². The van der Waals surface area contributed by atoms with Gasteiger partial charge in [0.05, 0.1) is 22.4 Å². The fraction of sp³-hybridized carbons (Fsp3) is 0.448. The summed E-state index contributed by atoms with van der Waals surface area (Å²) in [5.74, 6) is 2.35. The smallest absolute Gasteiger partial charge is 0.141 e. The van der Waals surface area contributed by atoms with Crippen LogP contribution >= 0.6 is 0 Å². The molecule has 7 heteroatoms. The zero-order valence-electron chi connectivity index (χ0n) is 20.8. The highest BCUT2D eigenvalue weighted by molar-refractivity contribution is 5.89. The van der Waals surface area contributed by atoms with Gasteiger partial charge in [0.25, 0.3) is 0 Å². The van der Waals surface area contributed by atoms with E-state index < -0.39 is 11.0 Å². The third-order valence-corrected chi connectivity index (χ3v) is 9.09. The number of pyridine rings is 1. The first kappa shape index (κ1) is 21.9. The molecule has 7 rings (SSSR count). The number of benzene rings is 1. The molecule has 36 heavy (non-hydrogen) atoms. The van der Waals surface area contributed by atoms with Crippen LogP contribution in [0.25, 0.3) is 22.2 Å². The van der Waals surface area contributed by atoms with Crippen LogP contribution in [-0.2, 0) is 10.4 Å². The third-order valence-electron chi connectivity index (χ3n) is 9.09. The summed E-state index contributed by atoms with van der Waals surface area (Å²) < 4.78 is 5.50. The summed E-state index contributed by atoms with van der Waals surface area (Å²) in [4.78, 5) is 26.3. The van der Waals surface area contributed by atoms with Crippen molar-refractivity contribution in [2.45, 2.75) is 64.4 Å². The molecule has 184 valence electrons. The molecule has 0 aliphatic heterocycles. The van der Waals surface area contributed by atoms with Gasteiger partial charge in [0.2, 0.25) is 0 Å². The normalized spacial score (nSPS) is 26.7. The molecule has 0 bridgehead atoms. The van der Waals surface area contributed by atoms with Crippen molar-refractivity contribution in [2.75, 3.05) is 0 Å². The van der Waals surface area contributed by atoms with Crippen LogP contribution in [-0.4, -0.2) is 31.0 Å². The zero-order valence-corrected chi connectivity index (χ0v) is 20.8. The summed E-state index contributed by atoms with van der Waals surface area (Å²) in [5, 5.41) is 17.2. The summed E-state index contributed by atoms with van der Waals surface area (Å²) in [7, 11) is 0. The molecule has 3 saturated carbocycles. The van der Waals surface area contributed by atoms with Crippen molar-refractivity contribution < 1.29 is 14.4 Å². The number of aromatic nitrogens is 4. The summed E-state index contributed by atoms with van der Waals surface area (Å²) in [6.07, 6.45) is 6.51. The van der Waals surface area contributed by atoms with Gasteiger partial charge < -0.3 is 14.6 Å². The molecule has 0 amide bonds. The first-order chi connectivity index (χ1) is 17.3. The van der Waals surface area contributed by atoms with Gasteiger partial charge in [0, 0.05) is 34.6 Å². The van der Waals surface area contributed by atoms with Crippen molar-refractivity contribution in [3.05, 3.63) is 65.1 Å². The second-order valence-corrected chi connectivity index (χ2v) is 11.1. The van der Waals surface area contributed by atoms with Crippen molar-refractivity contribution in [3.63, 3.8) is 0 Å². The number of ketones is 1. The molecule has 3 fully saturated rings. The summed E-state index contributed by atoms with van der Waals surface area (Å²) in [6, 6.07) is 9.76. The Balaban J connectivity index is 1.54. The van der Waals surface area contributed by atoms with Crippen molar-refractivity contribution in [2.24, 2.45) is 17.3 Å². The zero-order chi connectivity index (χ0) is 24.8. The molecule has 4 atom stereocenters. The van der Waals surface area contributed by atoms with E-state index in [1.165, 1.54) is 0 Å². The van der Waals surface area contributed by atoms with Gasteiger partial charge in [-0.25, -0.2) is 4.98 Å². The minimum Gasteiger partial charge on any atom is -0.378 e. The number of hydrogen-bond donors (Lipinski definition) is 2. The van der Waals surface area contributed by atoms with E-state index in [0.29, 0.717) is 23.1 Å². The van der Waals surface area contributed by atoms with Gasteiger partial charge in [-0.15, -0.1) is 0 Å². The molecule has 4 unspecified atom stereocenters. The van der Waals surface area contributed by atoms with Gasteiger partial charge in [0.15, 0.2) is 0 Å². The van der Waals surface area contributed by atoms with Gasteiger partial charge >= 0.3 is 0 Å². The minimum absolute atomic E-state index is 0.170. The van der Waals surface area contributed by atoms with Crippen molar-refractivity contribution >= 4 is 16.8 Å². The first-order valence-electron chi connectivity index (χ1n) is 13.0. The Morgan fingerprint density at radius 3 is 2.67 bits per heavy atom. The third kappa shape index (κ3) is 2.89. The monoisotopic (exact) mass is 482 g/mol. The number of aryl methyl sites for hydroxylation is 2. The molecule has 3 aliphatic carbocycles. The fourth-order valence-electron chi connectivity index (χ4n) is 7.13. The standard InChI is InChI=1S/C29H30N4O3/c1-15-25(16(2)36-33-15)19-12-21(26-22(13-19)31-27(32-26)18-7-8-18)29(35,24-6-4-5-11-30-24)23-10-9-20-14-28(20,23)17(3)34/h4-6,11-13,18,20,23,35H,7-10,14H2,1-3H3,(H,31,32). The Morgan fingerprint density at radius 2 is 2.03 bits per heavy atom. The minimum atomic E-state index is -1.47. The summed E-state index contributed by atoms with van der Waals surface area (Å²) in [6.45, 7) is 5.52. The molecule has 4 aromatic rings. The van der Waals surface area contributed by atoms with Crippen LogP contribution in [0.15, 0.2) is 41.1 Å². The number of aromatic amines is 1. The summed E-state index contributed by atoms with van der Waals surface area (Å²) in [5.41, 5.74) is 3.55. The van der Waals surface area contributed by atoms with Gasteiger partial charge in [-0.1, -0.05) is 11.2 Å². The molecule has 7 nitrogen and oxygen atoms in total. The van der Waals surface area contributed by atoms with Crippen LogP contribution in [0.1, 0.15) is 73.5 Å². The van der Waals surface area contributed by atoms with E-state index >= 15 is 0 Å². The quantitative estimate of drug-likeness (QED) is 0.384. The molecular weight excluding hydrogens is 452 g/mol. The average molecular weight is 483 g/mol. The van der Waals surface area contributed by atoms with Gasteiger partial charge in [-0.3, -0.25) is 9.78 Å². The number of rotatable bonds is 6. The number of Topliss-reactive ketones (excluding diaryl/α,β-unsaturated/α-hetero) is 1. The molecule has 0 radical (unpaired) electrons. The number of carbonyl (C=O) groups excluding carboxylic acids is 1. The van der Waals surface area contributed by atoms with Crippen LogP contribution in [0.4, 0.5) is 0 Å². The van der Waals surface area contributed by atoms with Crippen molar-refractivity contribution in [3.8, 4) is 11.1 Å². The number of carbonyl (C=O) groups is 1. The van der Waals surface area contributed by atoms with Gasteiger partial charge in [-0.05, 0) is 88.6 Å². The number of aliphatic hydroxyl groups is 1. The van der Waals surface area contributed by atoms with E-state index in [4.69, 9.17) is 9.51 Å². The van der Waals surface area contributed by atoms with E-state index in [0.717, 1.165) is 71.5 Å². The first-order valence-corrected chi connectivity index (χ1v) is 13.0. The fourth-order valence-corrected chi connectivity index (χ4v) is 7.13. The lowest BCUT2D eigenvalue weighted by molar-refractivity contribution is -0.128. The number of hydrogen-bond acceptors (Lipinski definition) is 6. The Bertz CT molecular complexity index is 1500. The number of nitrogens with one attached hydrogen (secondary N) is 1. The Kier molecular flexibility index (Phi) is 4.48. The topological polar surface area (TPSA) is 105 Å². The molecule has 3 aliphatic rings. The van der Waals surface area contributed by atoms with Crippen LogP contribution < -0.4 is 0 Å². The Morgan fingerprint density at radius 1 is 1.19 bits per heavy atom. The van der Waals surface area contributed by atoms with Crippen molar-refractivity contribution in [1.29, 1.82) is 0 Å². The van der Waals surface area contributed by atoms with E-state index in [1.807, 2.05) is 38.1 Å². The molecule has 1 aromatic carbocycles. The maximum absolute atomic E-state index is 13.1. The van der Waals surface area contributed by atoms with Gasteiger partial charge in [0.1, 0.15) is 23.0 Å². The van der Waals surface area contributed by atoms with Crippen LogP contribution in [0.5, 0.6) is 0 Å². The predicted molar refractivity (Wildman–Crippen MR) is 134 cm³/mol. The molecular formula is C29H30N4O3. The lowest BCUT2D eigenvalue weighted by atomic mass is 9.69. The predicted octanol–water partition coefficient (Wildman–Crippen LogP) is 5.35. The number of imidazole rings is 1. The van der Waals surface area contributed by atoms with E-state index in [1.54, 1.807) is 13.1 Å².